The number of rotatable bonds is 1. The van der Waals surface area contributed by atoms with Crippen LogP contribution in [0.15, 0.2) is 11.6 Å². The highest BCUT2D eigenvalue weighted by molar-refractivity contribution is 5.71. The van der Waals surface area contributed by atoms with Gasteiger partial charge >= 0.3 is 5.97 Å². The number of carboxylic acid groups (broad SMARTS) is 1. The van der Waals surface area contributed by atoms with E-state index in [-0.39, 0.29) is 33.0 Å². The van der Waals surface area contributed by atoms with Crippen LogP contribution in [0.1, 0.15) is 105 Å². The number of nitrogen functional groups attached to an aromatic ring is 1. The minimum Gasteiger partial charge on any atom is -0.481 e. The van der Waals surface area contributed by atoms with E-state index in [0.29, 0.717) is 23.7 Å². The Kier molecular flexibility index (Phi) is 4.91. The summed E-state index contributed by atoms with van der Waals surface area (Å²) in [7, 11) is 0. The second-order valence-corrected chi connectivity index (χ2v) is 15.5. The molecule has 1 aromatic heterocycles. The Labute approximate surface area is 217 Å². The van der Waals surface area contributed by atoms with Gasteiger partial charge in [0.15, 0.2) is 0 Å². The van der Waals surface area contributed by atoms with Gasteiger partial charge in [-0.3, -0.25) is 9.89 Å². The van der Waals surface area contributed by atoms with E-state index in [0.717, 1.165) is 44.3 Å². The van der Waals surface area contributed by atoms with Crippen LogP contribution in [0, 0.1) is 51.2 Å². The molecule has 0 aliphatic heterocycles. The van der Waals surface area contributed by atoms with Gasteiger partial charge in [-0.2, -0.15) is 5.10 Å². The Morgan fingerprint density at radius 2 is 1.78 bits per heavy atom. The third kappa shape index (κ3) is 2.89. The number of fused-ring (bicyclic) bond motifs is 8. The highest BCUT2D eigenvalue weighted by Gasteiger charge is 2.67. The zero-order valence-corrected chi connectivity index (χ0v) is 23.5. The molecule has 5 nitrogen and oxygen atoms in total. The Hall–Kier alpha value is -1.78. The number of aliphatic carboxylic acids is 1. The molecule has 3 fully saturated rings. The molecule has 0 saturated heterocycles. The minimum absolute atomic E-state index is 0.00242. The van der Waals surface area contributed by atoms with Crippen LogP contribution in [0.5, 0.6) is 0 Å². The van der Waals surface area contributed by atoms with Gasteiger partial charge in [-0.25, -0.2) is 0 Å². The van der Waals surface area contributed by atoms with Crippen LogP contribution in [-0.4, -0.2) is 21.3 Å². The molecule has 1 aromatic rings. The number of aromatic nitrogens is 2. The van der Waals surface area contributed by atoms with Crippen molar-refractivity contribution in [1.82, 2.24) is 10.2 Å². The van der Waals surface area contributed by atoms with Gasteiger partial charge in [-0.05, 0) is 96.7 Å². The molecule has 0 bridgehead atoms. The van der Waals surface area contributed by atoms with Crippen molar-refractivity contribution < 1.29 is 9.90 Å². The first kappa shape index (κ1) is 24.6. The molecular weight excluding hydrogens is 446 g/mol. The van der Waals surface area contributed by atoms with E-state index < -0.39 is 5.97 Å². The van der Waals surface area contributed by atoms with Crippen molar-refractivity contribution in [2.45, 2.75) is 105 Å². The molecule has 5 aliphatic rings. The summed E-state index contributed by atoms with van der Waals surface area (Å²) in [5.74, 6) is 1.85. The predicted octanol–water partition coefficient (Wildman–Crippen LogP) is 6.75. The fraction of sp³-hybridized carbons (Fsp3) is 0.806. The molecule has 198 valence electrons. The Morgan fingerprint density at radius 3 is 2.47 bits per heavy atom. The lowest BCUT2D eigenvalue weighted by Crippen LogP contribution is -2.63. The molecule has 8 atom stereocenters. The molecule has 5 heteroatoms. The molecule has 0 spiro atoms. The monoisotopic (exact) mass is 493 g/mol. The molecule has 1 heterocycles. The first-order valence-electron chi connectivity index (χ1n) is 14.4. The van der Waals surface area contributed by atoms with Crippen molar-refractivity contribution in [2.24, 2.45) is 51.2 Å². The lowest BCUT2D eigenvalue weighted by molar-refractivity contribution is -0.162. The van der Waals surface area contributed by atoms with Crippen molar-refractivity contribution in [1.29, 1.82) is 0 Å². The minimum atomic E-state index is -0.576. The van der Waals surface area contributed by atoms with Gasteiger partial charge in [0.2, 0.25) is 0 Å². The van der Waals surface area contributed by atoms with Crippen LogP contribution < -0.4 is 5.73 Å². The van der Waals surface area contributed by atoms with Gasteiger partial charge in [-0.1, -0.05) is 60.1 Å². The fourth-order valence-electron chi connectivity index (χ4n) is 11.3. The second-order valence-electron chi connectivity index (χ2n) is 15.5. The van der Waals surface area contributed by atoms with Gasteiger partial charge in [0.1, 0.15) is 5.82 Å². The third-order valence-corrected chi connectivity index (χ3v) is 13.0. The highest BCUT2D eigenvalue weighted by Crippen LogP contribution is 2.74. The topological polar surface area (TPSA) is 92.0 Å². The molecule has 4 N–H and O–H groups in total. The van der Waals surface area contributed by atoms with Crippen molar-refractivity contribution in [3.05, 3.63) is 22.9 Å². The van der Waals surface area contributed by atoms with Crippen LogP contribution in [0.4, 0.5) is 5.82 Å². The van der Waals surface area contributed by atoms with Crippen LogP contribution in [0.2, 0.25) is 0 Å². The number of carbonyl (C=O) groups is 1. The summed E-state index contributed by atoms with van der Waals surface area (Å²) in [5.41, 5.74) is 11.1. The number of nitrogens with two attached hydrogens (primary N) is 1. The van der Waals surface area contributed by atoms with E-state index in [1.165, 1.54) is 24.1 Å². The van der Waals surface area contributed by atoms with Gasteiger partial charge in [0.25, 0.3) is 0 Å². The number of carboxylic acids is 1. The number of H-pyrrole nitrogens is 1. The first-order chi connectivity index (χ1) is 16.7. The van der Waals surface area contributed by atoms with E-state index in [9.17, 15) is 9.90 Å². The standard InChI is InChI=1S/C31H47N3O2/c1-27(2)14-18-17(19(15-27)26(35)36)10-12-30(6)21(18)8-9-23-29(5)16-20-24(33-34-25(20)32)28(3,4)22(29)11-13-31(23,30)7/h8,17-19,22-23H,9-16H2,1-7H3,(H,35,36)(H3,32,33,34)/t17-,18?,19+,22?,23?,29-,30+,31+/m0/s1. The Morgan fingerprint density at radius 1 is 1.06 bits per heavy atom. The lowest BCUT2D eigenvalue weighted by Gasteiger charge is -2.70. The zero-order valence-electron chi connectivity index (χ0n) is 23.5. The molecule has 6 rings (SSSR count). The number of allylic oxidation sites excluding steroid dienone is 2. The maximum absolute atomic E-state index is 12.4. The average molecular weight is 494 g/mol. The number of aromatic amines is 1. The second kappa shape index (κ2) is 7.20. The summed E-state index contributed by atoms with van der Waals surface area (Å²) in [6.45, 7) is 17.1. The van der Waals surface area contributed by atoms with Gasteiger partial charge in [0.05, 0.1) is 11.6 Å². The maximum atomic E-state index is 12.4. The van der Waals surface area contributed by atoms with Crippen LogP contribution in [0.3, 0.4) is 0 Å². The number of nitrogens with one attached hydrogen (secondary N) is 1. The smallest absolute Gasteiger partial charge is 0.306 e. The van der Waals surface area contributed by atoms with E-state index in [2.05, 4.69) is 59.6 Å². The number of hydrogen-bond donors (Lipinski definition) is 3. The molecule has 3 saturated carbocycles. The quantitative estimate of drug-likeness (QED) is 0.377. The largest absolute Gasteiger partial charge is 0.481 e. The van der Waals surface area contributed by atoms with E-state index in [4.69, 9.17) is 10.8 Å². The van der Waals surface area contributed by atoms with Crippen LogP contribution >= 0.6 is 0 Å². The lowest BCUT2D eigenvalue weighted by atomic mass is 9.34. The van der Waals surface area contributed by atoms with Gasteiger partial charge < -0.3 is 10.8 Å². The highest BCUT2D eigenvalue weighted by atomic mass is 16.4. The van der Waals surface area contributed by atoms with E-state index in [1.54, 1.807) is 5.57 Å². The molecular formula is C31H47N3O2. The summed E-state index contributed by atoms with van der Waals surface area (Å²) in [6, 6.07) is 0. The third-order valence-electron chi connectivity index (χ3n) is 13.0. The van der Waals surface area contributed by atoms with Gasteiger partial charge in [0, 0.05) is 11.0 Å². The SMILES string of the molecule is CC1(C)CC2C3=CCC4[C@@]5(C)Cc6c(n[nH]c6N)C(C)(C)C5CC[C@@]4(C)[C@]3(C)CC[C@@H]2[C@H](C(=O)O)C1. The summed E-state index contributed by atoms with van der Waals surface area (Å²) in [5, 5.41) is 18.0. The fourth-order valence-corrected chi connectivity index (χ4v) is 11.3. The van der Waals surface area contributed by atoms with Crippen molar-refractivity contribution in [2.75, 3.05) is 5.73 Å². The normalized spacial score (nSPS) is 46.3. The van der Waals surface area contributed by atoms with E-state index in [1.807, 2.05) is 0 Å². The van der Waals surface area contributed by atoms with Crippen LogP contribution in [0.25, 0.3) is 0 Å². The van der Waals surface area contributed by atoms with Crippen molar-refractivity contribution in [3.63, 3.8) is 0 Å². The maximum Gasteiger partial charge on any atom is 0.306 e. The first-order valence-corrected chi connectivity index (χ1v) is 14.4. The molecule has 0 radical (unpaired) electrons. The number of hydrogen-bond acceptors (Lipinski definition) is 3. The summed E-state index contributed by atoms with van der Waals surface area (Å²) < 4.78 is 0. The molecule has 5 aliphatic carbocycles. The molecule has 3 unspecified atom stereocenters. The van der Waals surface area contributed by atoms with Crippen molar-refractivity contribution >= 4 is 11.8 Å². The van der Waals surface area contributed by atoms with E-state index >= 15 is 0 Å². The number of anilines is 1. The van der Waals surface area contributed by atoms with Gasteiger partial charge in [-0.15, -0.1) is 0 Å². The summed E-state index contributed by atoms with van der Waals surface area (Å²) in [4.78, 5) is 12.4. The average Bonchev–Trinajstić information content (AvgIpc) is 3.13. The number of nitrogens with zero attached hydrogens (tertiary/aromatic N) is 1. The Bertz CT molecular complexity index is 1150. The predicted molar refractivity (Wildman–Crippen MR) is 143 cm³/mol. The summed E-state index contributed by atoms with van der Waals surface area (Å²) in [6.07, 6.45) is 11.3. The van der Waals surface area contributed by atoms with Crippen molar-refractivity contribution in [3.8, 4) is 0 Å². The van der Waals surface area contributed by atoms with Crippen LogP contribution in [-0.2, 0) is 16.6 Å². The Balaban J connectivity index is 1.44. The summed E-state index contributed by atoms with van der Waals surface area (Å²) >= 11 is 0. The molecule has 0 amide bonds. The molecule has 36 heavy (non-hydrogen) atoms. The zero-order chi connectivity index (χ0) is 26.1. The molecule has 0 aromatic carbocycles.